The predicted molar refractivity (Wildman–Crippen MR) is 167 cm³/mol. The number of rotatable bonds is 10. The van der Waals surface area contributed by atoms with Crippen LogP contribution in [0.15, 0.2) is 35.8 Å². The van der Waals surface area contributed by atoms with Gasteiger partial charge in [0.1, 0.15) is 18.1 Å². The topological polar surface area (TPSA) is 112 Å². The lowest BCUT2D eigenvalue weighted by Crippen LogP contribution is -2.55. The van der Waals surface area contributed by atoms with E-state index in [0.717, 1.165) is 36.3 Å². The van der Waals surface area contributed by atoms with Crippen LogP contribution in [-0.2, 0) is 16.0 Å². The second-order valence-corrected chi connectivity index (χ2v) is 12.6. The molecule has 0 spiro atoms. The Balaban J connectivity index is 1.46. The number of methoxy groups -OCH3 is 1. The number of fused-ring (bicyclic) bond motifs is 1. The molecule has 11 heteroatoms. The number of hydrogen-bond acceptors (Lipinski definition) is 10. The van der Waals surface area contributed by atoms with Crippen LogP contribution in [0.4, 0.5) is 5.82 Å². The smallest absolute Gasteiger partial charge is 0.319 e. The van der Waals surface area contributed by atoms with Crippen molar-refractivity contribution in [1.82, 2.24) is 19.8 Å². The Hall–Kier alpha value is -3.20. The summed E-state index contributed by atoms with van der Waals surface area (Å²) in [5, 5.41) is 9.23. The molecule has 4 heterocycles. The normalized spacial score (nSPS) is 26.0. The minimum absolute atomic E-state index is 0.0224. The van der Waals surface area contributed by atoms with Gasteiger partial charge in [0.15, 0.2) is 5.78 Å². The van der Waals surface area contributed by atoms with Crippen molar-refractivity contribution in [3.05, 3.63) is 53.0 Å². The fraction of sp³-hybridized carbons (Fsp3) is 0.562. The SMILES string of the molecule is C=CC(=O)N1CCN(c2nc(OCC3CCCN3C)nc(C(=O)[C@H]3CC[C]4C(=CC=CC4OC)S3)c2CC)CC1CC#N. The molecule has 1 aromatic heterocycles. The van der Waals surface area contributed by atoms with Crippen molar-refractivity contribution < 1.29 is 19.1 Å². The van der Waals surface area contributed by atoms with Crippen LogP contribution in [0.2, 0.25) is 0 Å². The summed E-state index contributed by atoms with van der Waals surface area (Å²) in [6.45, 7) is 8.47. The number of anilines is 1. The van der Waals surface area contributed by atoms with E-state index in [1.807, 2.05) is 19.1 Å². The molecule has 0 saturated carbocycles. The number of hydrogen-bond donors (Lipinski definition) is 0. The third kappa shape index (κ3) is 6.66. The molecular weight excluding hydrogens is 564 g/mol. The lowest BCUT2D eigenvalue weighted by Gasteiger charge is -2.41. The van der Waals surface area contributed by atoms with E-state index in [0.29, 0.717) is 50.6 Å². The highest BCUT2D eigenvalue weighted by Gasteiger charge is 2.39. The number of nitrogens with zero attached hydrogens (tertiary/aromatic N) is 6. The van der Waals surface area contributed by atoms with E-state index in [1.54, 1.807) is 23.8 Å². The Labute approximate surface area is 258 Å². The number of piperazine rings is 1. The summed E-state index contributed by atoms with van der Waals surface area (Å²) in [5.74, 6) is 1.66. The molecule has 3 unspecified atom stereocenters. The molecule has 0 aromatic carbocycles. The van der Waals surface area contributed by atoms with Crippen molar-refractivity contribution in [1.29, 1.82) is 5.26 Å². The molecule has 0 bridgehead atoms. The highest BCUT2D eigenvalue weighted by Crippen LogP contribution is 2.46. The lowest BCUT2D eigenvalue weighted by atomic mass is 9.90. The number of Topliss-reactive ketones (excluding diaryl/α,β-unsaturated/α-hetero) is 1. The maximum Gasteiger partial charge on any atom is 0.319 e. The van der Waals surface area contributed by atoms with Crippen LogP contribution in [-0.4, -0.2) is 102 Å². The van der Waals surface area contributed by atoms with Gasteiger partial charge in [-0.05, 0) is 56.7 Å². The number of amides is 1. The molecule has 229 valence electrons. The van der Waals surface area contributed by atoms with Crippen molar-refractivity contribution in [2.24, 2.45) is 0 Å². The molecule has 4 aliphatic rings. The van der Waals surface area contributed by atoms with Gasteiger partial charge in [-0.1, -0.05) is 31.7 Å². The van der Waals surface area contributed by atoms with Gasteiger partial charge in [-0.2, -0.15) is 15.2 Å². The molecule has 3 fully saturated rings. The maximum atomic E-state index is 14.3. The number of aromatic nitrogens is 2. The predicted octanol–water partition coefficient (Wildman–Crippen LogP) is 3.75. The van der Waals surface area contributed by atoms with E-state index in [2.05, 4.69) is 35.6 Å². The standard InChI is InChI=1S/C32H41N6O4S/c1-5-23-29(30(40)27-13-12-24-25(41-4)10-7-11-26(24)43-27)34-32(42-20-22-9-8-16-36(22)3)35-31(23)37-17-18-38(28(39)6-2)21(19-37)14-15-33/h6-7,10-11,21-22,25,27H,2,5,8-9,12-14,16-20H2,1,3-4H3/t21?,22?,25?,27-/m1/s1. The third-order valence-electron chi connectivity index (χ3n) is 8.88. The fourth-order valence-corrected chi connectivity index (χ4v) is 7.74. The third-order valence-corrected chi connectivity index (χ3v) is 10.3. The zero-order valence-corrected chi connectivity index (χ0v) is 26.1. The number of nitriles is 1. The van der Waals surface area contributed by atoms with Gasteiger partial charge in [-0.3, -0.25) is 9.59 Å². The van der Waals surface area contributed by atoms with E-state index in [9.17, 15) is 14.9 Å². The summed E-state index contributed by atoms with van der Waals surface area (Å²) in [7, 11) is 3.80. The van der Waals surface area contributed by atoms with Crippen LogP contribution < -0.4 is 9.64 Å². The van der Waals surface area contributed by atoms with E-state index < -0.39 is 0 Å². The summed E-state index contributed by atoms with van der Waals surface area (Å²) in [6, 6.07) is 2.38. The molecule has 10 nitrogen and oxygen atoms in total. The van der Waals surface area contributed by atoms with Gasteiger partial charge in [-0.15, -0.1) is 11.8 Å². The Morgan fingerprint density at radius 2 is 2.07 bits per heavy atom. The van der Waals surface area contributed by atoms with Crippen molar-refractivity contribution in [2.45, 2.75) is 68.9 Å². The Kier molecular flexibility index (Phi) is 10.2. The summed E-state index contributed by atoms with van der Waals surface area (Å²) < 4.78 is 11.9. The minimum atomic E-state index is -0.317. The zero-order valence-electron chi connectivity index (χ0n) is 25.3. The summed E-state index contributed by atoms with van der Waals surface area (Å²) in [6.07, 6.45) is 11.7. The van der Waals surface area contributed by atoms with E-state index >= 15 is 0 Å². The number of allylic oxidation sites excluding steroid dienone is 2. The number of likely N-dealkylation sites (N-methyl/N-ethyl adjacent to an activating group) is 1. The quantitative estimate of drug-likeness (QED) is 0.289. The Bertz CT molecular complexity index is 1330. The summed E-state index contributed by atoms with van der Waals surface area (Å²) >= 11 is 1.58. The summed E-state index contributed by atoms with van der Waals surface area (Å²) in [5.41, 5.74) is 1.18. The van der Waals surface area contributed by atoms with Crippen LogP contribution in [0.3, 0.4) is 0 Å². The van der Waals surface area contributed by atoms with Crippen LogP contribution in [0.25, 0.3) is 0 Å². The molecule has 1 aliphatic carbocycles. The first-order chi connectivity index (χ1) is 20.9. The molecular formula is C32H41N6O4S. The largest absolute Gasteiger partial charge is 0.462 e. The monoisotopic (exact) mass is 605 g/mol. The van der Waals surface area contributed by atoms with Crippen molar-refractivity contribution in [3.8, 4) is 12.1 Å². The Morgan fingerprint density at radius 1 is 1.23 bits per heavy atom. The first-order valence-corrected chi connectivity index (χ1v) is 16.0. The average molecular weight is 606 g/mol. The first kappa shape index (κ1) is 31.2. The second-order valence-electron chi connectivity index (χ2n) is 11.4. The molecule has 0 N–H and O–H groups in total. The number of likely N-dealkylation sites (tertiary alicyclic amines) is 1. The number of ether oxygens (including phenoxy) is 2. The maximum absolute atomic E-state index is 14.3. The highest BCUT2D eigenvalue weighted by atomic mass is 32.2. The van der Waals surface area contributed by atoms with Gasteiger partial charge in [0.25, 0.3) is 0 Å². The molecule has 43 heavy (non-hydrogen) atoms. The number of carbonyl (C=O) groups excluding carboxylic acids is 2. The second kappa shape index (κ2) is 14.1. The number of ketones is 1. The lowest BCUT2D eigenvalue weighted by molar-refractivity contribution is -0.128. The number of thioether (sulfide) groups is 1. The van der Waals surface area contributed by atoms with Crippen molar-refractivity contribution in [3.63, 3.8) is 0 Å². The van der Waals surface area contributed by atoms with Crippen molar-refractivity contribution >= 4 is 29.3 Å². The Morgan fingerprint density at radius 3 is 2.77 bits per heavy atom. The van der Waals surface area contributed by atoms with Gasteiger partial charge in [0, 0.05) is 44.3 Å². The van der Waals surface area contributed by atoms with Crippen LogP contribution in [0.1, 0.15) is 55.1 Å². The molecule has 4 atom stereocenters. The van der Waals surface area contributed by atoms with Gasteiger partial charge in [0.2, 0.25) is 5.91 Å². The van der Waals surface area contributed by atoms with Gasteiger partial charge >= 0.3 is 6.01 Å². The van der Waals surface area contributed by atoms with Gasteiger partial charge in [0.05, 0.1) is 29.9 Å². The molecule has 3 aliphatic heterocycles. The van der Waals surface area contributed by atoms with Gasteiger partial charge in [-0.25, -0.2) is 0 Å². The zero-order chi connectivity index (χ0) is 30.5. The van der Waals surface area contributed by atoms with Crippen LogP contribution in [0, 0.1) is 17.2 Å². The molecule has 3 saturated heterocycles. The number of carbonyl (C=O) groups is 2. The molecule has 1 amide bonds. The van der Waals surface area contributed by atoms with Gasteiger partial charge < -0.3 is 24.2 Å². The molecule has 5 rings (SSSR count). The minimum Gasteiger partial charge on any atom is -0.462 e. The molecule has 1 aromatic rings. The van der Waals surface area contributed by atoms with Crippen LogP contribution in [0.5, 0.6) is 6.01 Å². The first-order valence-electron chi connectivity index (χ1n) is 15.2. The van der Waals surface area contributed by atoms with Crippen molar-refractivity contribution in [2.75, 3.05) is 51.8 Å². The summed E-state index contributed by atoms with van der Waals surface area (Å²) in [4.78, 5) is 43.6. The van der Waals surface area contributed by atoms with E-state index in [1.165, 1.54) is 12.0 Å². The highest BCUT2D eigenvalue weighted by molar-refractivity contribution is 8.04. The van der Waals surface area contributed by atoms with E-state index in [4.69, 9.17) is 19.4 Å². The van der Waals surface area contributed by atoms with E-state index in [-0.39, 0.29) is 47.6 Å². The average Bonchev–Trinajstić information content (AvgIpc) is 3.46. The fourth-order valence-electron chi connectivity index (χ4n) is 6.45. The molecule has 1 radical (unpaired) electrons. The van der Waals surface area contributed by atoms with Crippen LogP contribution >= 0.6 is 11.8 Å².